The van der Waals surface area contributed by atoms with Gasteiger partial charge >= 0.3 is 12.2 Å². The Bertz CT molecular complexity index is 1000. The number of nitrogens with zero attached hydrogens (tertiary/aromatic N) is 4. The van der Waals surface area contributed by atoms with Crippen molar-refractivity contribution in [1.29, 1.82) is 5.26 Å². The zero-order chi connectivity index (χ0) is 20.8. The minimum Gasteiger partial charge on any atom is -0.289 e. The number of hydrogen-bond acceptors (Lipinski definition) is 3. The Morgan fingerprint density at radius 2 is 1.66 bits per heavy atom. The number of hydrogen-bond donors (Lipinski definition) is 0. The van der Waals surface area contributed by atoms with Crippen molar-refractivity contribution < 1.29 is 22.4 Å². The van der Waals surface area contributed by atoms with Crippen LogP contribution in [0.25, 0.3) is 0 Å². The van der Waals surface area contributed by atoms with Crippen molar-refractivity contribution in [2.45, 2.75) is 43.9 Å². The largest absolute Gasteiger partial charge is 0.417 e. The second-order valence-electron chi connectivity index (χ2n) is 7.12. The number of rotatable bonds is 2. The number of aromatic nitrogens is 1. The Hall–Kier alpha value is -3.15. The lowest BCUT2D eigenvalue weighted by molar-refractivity contribution is -0.137. The first-order valence-corrected chi connectivity index (χ1v) is 9.16. The summed E-state index contributed by atoms with van der Waals surface area (Å²) in [7, 11) is 0. The van der Waals surface area contributed by atoms with E-state index in [-0.39, 0.29) is 17.8 Å². The van der Waals surface area contributed by atoms with Crippen molar-refractivity contribution in [3.8, 4) is 6.07 Å². The monoisotopic (exact) mass is 404 g/mol. The van der Waals surface area contributed by atoms with Gasteiger partial charge in [-0.3, -0.25) is 9.80 Å². The minimum atomic E-state index is -4.72. The summed E-state index contributed by atoms with van der Waals surface area (Å²) in [6, 6.07) is 6.37. The van der Waals surface area contributed by atoms with E-state index in [1.165, 1.54) is 28.1 Å². The molecule has 4 rings (SSSR count). The molecule has 2 atom stereocenters. The highest BCUT2D eigenvalue weighted by Gasteiger charge is 2.48. The standard InChI is InChI=1S/C20H16F4N4O/c21-18-10-14(7-8-26-18)28-17-4-2-1-3-16(17)27(19(28)29)13-6-5-12(11-25)15(9-13)20(22,23)24/h5-10,16-17H,1-4H2/t16-,17-/m1/s1. The number of amides is 2. The molecule has 5 nitrogen and oxygen atoms in total. The summed E-state index contributed by atoms with van der Waals surface area (Å²) in [4.78, 5) is 19.6. The molecule has 2 heterocycles. The third kappa shape index (κ3) is 3.28. The second kappa shape index (κ2) is 7.03. The molecular formula is C20H16F4N4O. The fourth-order valence-electron chi connectivity index (χ4n) is 4.25. The SMILES string of the molecule is N#Cc1ccc(N2C(=O)N(c3ccnc(F)c3)[C@@H]3CCCC[C@H]32)cc1C(F)(F)F. The maximum Gasteiger partial charge on any atom is 0.417 e. The fourth-order valence-corrected chi connectivity index (χ4v) is 4.25. The Morgan fingerprint density at radius 1 is 1.03 bits per heavy atom. The summed E-state index contributed by atoms with van der Waals surface area (Å²) in [5.41, 5.74) is -1.17. The molecule has 1 aromatic heterocycles. The van der Waals surface area contributed by atoms with Gasteiger partial charge in [0.05, 0.1) is 35.0 Å². The number of nitriles is 1. The van der Waals surface area contributed by atoms with E-state index < -0.39 is 29.3 Å². The normalized spacial score (nSPS) is 21.8. The van der Waals surface area contributed by atoms with Crippen LogP contribution in [0.3, 0.4) is 0 Å². The van der Waals surface area contributed by atoms with E-state index in [2.05, 4.69) is 4.98 Å². The van der Waals surface area contributed by atoms with Crippen LogP contribution >= 0.6 is 0 Å². The van der Waals surface area contributed by atoms with E-state index in [1.807, 2.05) is 0 Å². The zero-order valence-corrected chi connectivity index (χ0v) is 15.2. The number of benzene rings is 1. The van der Waals surface area contributed by atoms with Crippen LogP contribution in [0.15, 0.2) is 36.5 Å². The summed E-state index contributed by atoms with van der Waals surface area (Å²) in [5, 5.41) is 9.01. The first-order valence-electron chi connectivity index (χ1n) is 9.16. The molecule has 0 unspecified atom stereocenters. The van der Waals surface area contributed by atoms with Crippen LogP contribution in [0.5, 0.6) is 0 Å². The van der Waals surface area contributed by atoms with Crippen molar-refractivity contribution in [3.05, 3.63) is 53.6 Å². The van der Waals surface area contributed by atoms with E-state index in [0.717, 1.165) is 31.0 Å². The second-order valence-corrected chi connectivity index (χ2v) is 7.12. The van der Waals surface area contributed by atoms with Gasteiger partial charge in [0.15, 0.2) is 0 Å². The highest BCUT2D eigenvalue weighted by molar-refractivity contribution is 6.07. The summed E-state index contributed by atoms with van der Waals surface area (Å²) >= 11 is 0. The van der Waals surface area contributed by atoms with E-state index in [0.29, 0.717) is 18.5 Å². The Morgan fingerprint density at radius 3 is 2.21 bits per heavy atom. The minimum absolute atomic E-state index is 0.0789. The molecule has 9 heteroatoms. The van der Waals surface area contributed by atoms with Gasteiger partial charge in [0.25, 0.3) is 0 Å². The van der Waals surface area contributed by atoms with Crippen LogP contribution in [0, 0.1) is 17.3 Å². The predicted molar refractivity (Wildman–Crippen MR) is 96.8 cm³/mol. The number of pyridine rings is 1. The van der Waals surface area contributed by atoms with E-state index in [4.69, 9.17) is 5.26 Å². The molecule has 0 radical (unpaired) electrons. The van der Waals surface area contributed by atoms with Crippen molar-refractivity contribution in [1.82, 2.24) is 4.98 Å². The van der Waals surface area contributed by atoms with Gasteiger partial charge in [-0.1, -0.05) is 12.8 Å². The average molecular weight is 404 g/mol. The van der Waals surface area contributed by atoms with Crippen molar-refractivity contribution in [2.24, 2.45) is 0 Å². The number of urea groups is 1. The number of anilines is 2. The van der Waals surface area contributed by atoms with Gasteiger partial charge in [-0.25, -0.2) is 9.78 Å². The predicted octanol–water partition coefficient (Wildman–Crippen LogP) is 4.87. The first-order chi connectivity index (χ1) is 13.8. The fraction of sp³-hybridized carbons (Fsp3) is 0.350. The van der Waals surface area contributed by atoms with Gasteiger partial charge < -0.3 is 0 Å². The molecule has 29 heavy (non-hydrogen) atoms. The molecule has 1 aliphatic heterocycles. The Balaban J connectivity index is 1.80. The molecule has 150 valence electrons. The lowest BCUT2D eigenvalue weighted by Crippen LogP contribution is -2.40. The number of carbonyl (C=O) groups excluding carboxylic acids is 1. The highest BCUT2D eigenvalue weighted by atomic mass is 19.4. The highest BCUT2D eigenvalue weighted by Crippen LogP contribution is 2.42. The molecule has 1 saturated heterocycles. The summed E-state index contributed by atoms with van der Waals surface area (Å²) in [5.74, 6) is -0.737. The molecule has 0 bridgehead atoms. The van der Waals surface area contributed by atoms with Gasteiger partial charge in [0.2, 0.25) is 5.95 Å². The van der Waals surface area contributed by atoms with Gasteiger partial charge in [-0.2, -0.15) is 22.8 Å². The third-order valence-electron chi connectivity index (χ3n) is 5.46. The Labute approximate surface area is 164 Å². The van der Waals surface area contributed by atoms with Crippen molar-refractivity contribution in [2.75, 3.05) is 9.80 Å². The lowest BCUT2D eigenvalue weighted by Gasteiger charge is -2.32. The molecule has 2 aromatic rings. The quantitative estimate of drug-likeness (QED) is 0.530. The van der Waals surface area contributed by atoms with E-state index >= 15 is 0 Å². The first kappa shape index (κ1) is 19.2. The number of fused-ring (bicyclic) bond motifs is 1. The van der Waals surface area contributed by atoms with Crippen LogP contribution in [0.4, 0.5) is 33.7 Å². The maximum absolute atomic E-state index is 13.6. The van der Waals surface area contributed by atoms with Crippen molar-refractivity contribution in [3.63, 3.8) is 0 Å². The molecule has 2 fully saturated rings. The average Bonchev–Trinajstić information content (AvgIpc) is 2.98. The topological polar surface area (TPSA) is 60.2 Å². The summed E-state index contributed by atoms with van der Waals surface area (Å²) in [6.45, 7) is 0. The van der Waals surface area contributed by atoms with Crippen LogP contribution in [0.2, 0.25) is 0 Å². The maximum atomic E-state index is 13.6. The lowest BCUT2D eigenvalue weighted by atomic mass is 9.89. The van der Waals surface area contributed by atoms with Crippen LogP contribution in [-0.2, 0) is 6.18 Å². The number of alkyl halides is 3. The van der Waals surface area contributed by atoms with E-state index in [1.54, 1.807) is 6.07 Å². The zero-order valence-electron chi connectivity index (χ0n) is 15.2. The van der Waals surface area contributed by atoms with Gasteiger partial charge in [0.1, 0.15) is 0 Å². The number of carbonyl (C=O) groups is 1. The molecule has 1 saturated carbocycles. The molecule has 0 N–H and O–H groups in total. The molecule has 0 spiro atoms. The molecule has 1 aliphatic carbocycles. The molecule has 1 aromatic carbocycles. The van der Waals surface area contributed by atoms with Gasteiger partial charge in [0, 0.05) is 18.0 Å². The number of halogens is 4. The third-order valence-corrected chi connectivity index (χ3v) is 5.46. The molecule has 2 amide bonds. The Kier molecular flexibility index (Phi) is 4.65. The van der Waals surface area contributed by atoms with E-state index in [9.17, 15) is 22.4 Å². The van der Waals surface area contributed by atoms with Crippen LogP contribution in [0.1, 0.15) is 36.8 Å². The summed E-state index contributed by atoms with van der Waals surface area (Å²) in [6.07, 6.45) is -0.466. The van der Waals surface area contributed by atoms with Gasteiger partial charge in [-0.15, -0.1) is 0 Å². The molecular weight excluding hydrogens is 388 g/mol. The van der Waals surface area contributed by atoms with Crippen LogP contribution in [-0.4, -0.2) is 23.1 Å². The van der Waals surface area contributed by atoms with Gasteiger partial charge in [-0.05, 0) is 37.1 Å². The van der Waals surface area contributed by atoms with Crippen LogP contribution < -0.4 is 9.80 Å². The van der Waals surface area contributed by atoms with Crippen molar-refractivity contribution >= 4 is 17.4 Å². The molecule has 2 aliphatic rings. The smallest absolute Gasteiger partial charge is 0.289 e. The summed E-state index contributed by atoms with van der Waals surface area (Å²) < 4.78 is 53.9.